The summed E-state index contributed by atoms with van der Waals surface area (Å²) in [4.78, 5) is 34.4. The molecule has 2 rings (SSSR count). The molecule has 3 amide bonds. The van der Waals surface area contributed by atoms with Gasteiger partial charge in [0.1, 0.15) is 10.5 Å². The van der Waals surface area contributed by atoms with Crippen LogP contribution in [0.1, 0.15) is 57.2 Å². The molecule has 0 aliphatic carbocycles. The molecule has 1 aromatic heterocycles. The van der Waals surface area contributed by atoms with Crippen molar-refractivity contribution in [3.8, 4) is 0 Å². The van der Waals surface area contributed by atoms with E-state index in [1.165, 1.54) is 4.90 Å². The van der Waals surface area contributed by atoms with E-state index in [0.29, 0.717) is 44.4 Å². The zero-order valence-corrected chi connectivity index (χ0v) is 17.6. The van der Waals surface area contributed by atoms with E-state index in [-0.39, 0.29) is 11.9 Å². The lowest BCUT2D eigenvalue weighted by molar-refractivity contribution is -0.130. The number of aliphatic imine (C=N–C) groups is 1. The Kier molecular flexibility index (Phi) is 7.18. The van der Waals surface area contributed by atoms with E-state index >= 15 is 0 Å². The van der Waals surface area contributed by atoms with Gasteiger partial charge in [-0.1, -0.05) is 20.8 Å². The van der Waals surface area contributed by atoms with Crippen molar-refractivity contribution in [1.82, 2.24) is 25.8 Å². The van der Waals surface area contributed by atoms with Crippen LogP contribution in [0.4, 0.5) is 4.79 Å². The van der Waals surface area contributed by atoms with Crippen LogP contribution >= 0.6 is 11.3 Å². The van der Waals surface area contributed by atoms with Gasteiger partial charge < -0.3 is 16.0 Å². The topological polar surface area (TPSA) is 98.7 Å². The first-order valence-corrected chi connectivity index (χ1v) is 10.2. The average molecular weight is 395 g/mol. The molecule has 1 fully saturated rings. The maximum absolute atomic E-state index is 12.3. The molecular weight excluding hydrogens is 364 g/mol. The minimum Gasteiger partial charge on any atom is -0.356 e. The highest BCUT2D eigenvalue weighted by atomic mass is 32.1. The number of nitrogens with zero attached hydrogens (tertiary/aromatic N) is 3. The van der Waals surface area contributed by atoms with Crippen LogP contribution in [0.3, 0.4) is 0 Å². The third-order valence-electron chi connectivity index (χ3n) is 4.69. The normalized spacial score (nSPS) is 20.4. The van der Waals surface area contributed by atoms with Gasteiger partial charge in [-0.2, -0.15) is 0 Å². The number of hydrogen-bond acceptors (Lipinski definition) is 5. The fourth-order valence-electron chi connectivity index (χ4n) is 2.69. The molecular formula is C18H30N6O2S. The Labute approximate surface area is 164 Å². The van der Waals surface area contributed by atoms with Crippen molar-refractivity contribution in [2.75, 3.05) is 20.1 Å². The number of carbonyl (C=O) groups excluding carboxylic acids is 2. The van der Waals surface area contributed by atoms with E-state index in [1.54, 1.807) is 25.3 Å². The van der Waals surface area contributed by atoms with E-state index in [2.05, 4.69) is 45.2 Å². The van der Waals surface area contributed by atoms with Gasteiger partial charge in [0.05, 0.1) is 12.2 Å². The summed E-state index contributed by atoms with van der Waals surface area (Å²) < 4.78 is 0. The summed E-state index contributed by atoms with van der Waals surface area (Å²) in [5.74, 6) is 0.946. The Balaban J connectivity index is 1.73. The summed E-state index contributed by atoms with van der Waals surface area (Å²) in [6, 6.07) is -0.309. The lowest BCUT2D eigenvalue weighted by atomic mass is 9.99. The second-order valence-electron chi connectivity index (χ2n) is 7.10. The molecule has 9 heteroatoms. The van der Waals surface area contributed by atoms with Gasteiger partial charge >= 0.3 is 6.03 Å². The first kappa shape index (κ1) is 21.1. The Morgan fingerprint density at radius 3 is 2.70 bits per heavy atom. The van der Waals surface area contributed by atoms with Gasteiger partial charge in [0.15, 0.2) is 5.96 Å². The van der Waals surface area contributed by atoms with Crippen LogP contribution in [0, 0.1) is 0 Å². The predicted molar refractivity (Wildman–Crippen MR) is 108 cm³/mol. The van der Waals surface area contributed by atoms with Gasteiger partial charge in [-0.25, -0.2) is 9.78 Å². The molecule has 0 saturated carbocycles. The van der Waals surface area contributed by atoms with Crippen LogP contribution in [0.5, 0.6) is 0 Å². The molecule has 0 bridgehead atoms. The number of rotatable bonds is 8. The summed E-state index contributed by atoms with van der Waals surface area (Å²) in [7, 11) is 1.71. The highest BCUT2D eigenvalue weighted by Crippen LogP contribution is 2.20. The summed E-state index contributed by atoms with van der Waals surface area (Å²) in [6.45, 7) is 9.51. The SMILES string of the molecule is CCC1(C)NC(=O)N(CCCNC(=NC)NCc2nc(C(C)C)cs2)C1=O. The lowest BCUT2D eigenvalue weighted by Crippen LogP contribution is -2.43. The molecule has 1 atom stereocenters. The van der Waals surface area contributed by atoms with Crippen molar-refractivity contribution in [3.05, 3.63) is 16.1 Å². The molecule has 2 heterocycles. The summed E-state index contributed by atoms with van der Waals surface area (Å²) >= 11 is 1.63. The number of thiazole rings is 1. The molecule has 0 radical (unpaired) electrons. The van der Waals surface area contributed by atoms with Gasteiger partial charge in [-0.05, 0) is 25.7 Å². The second kappa shape index (κ2) is 9.16. The number of aromatic nitrogens is 1. The quantitative estimate of drug-likeness (QED) is 0.271. The molecule has 3 N–H and O–H groups in total. The maximum atomic E-state index is 12.3. The molecule has 8 nitrogen and oxygen atoms in total. The van der Waals surface area contributed by atoms with Crippen molar-refractivity contribution in [2.45, 2.75) is 58.5 Å². The molecule has 1 aliphatic rings. The largest absolute Gasteiger partial charge is 0.356 e. The van der Waals surface area contributed by atoms with E-state index in [0.717, 1.165) is 10.7 Å². The highest BCUT2D eigenvalue weighted by molar-refractivity contribution is 7.09. The Morgan fingerprint density at radius 2 is 2.15 bits per heavy atom. The number of amides is 3. The molecule has 1 unspecified atom stereocenters. The summed E-state index contributed by atoms with van der Waals surface area (Å²) in [5, 5.41) is 12.3. The van der Waals surface area contributed by atoms with Gasteiger partial charge in [0, 0.05) is 25.5 Å². The minimum absolute atomic E-state index is 0.151. The monoisotopic (exact) mass is 394 g/mol. The second-order valence-corrected chi connectivity index (χ2v) is 8.04. The van der Waals surface area contributed by atoms with E-state index in [4.69, 9.17) is 0 Å². The molecule has 1 saturated heterocycles. The van der Waals surface area contributed by atoms with E-state index in [9.17, 15) is 9.59 Å². The highest BCUT2D eigenvalue weighted by Gasteiger charge is 2.45. The molecule has 0 spiro atoms. The Morgan fingerprint density at radius 1 is 1.41 bits per heavy atom. The smallest absolute Gasteiger partial charge is 0.325 e. The third kappa shape index (κ3) is 5.18. The molecule has 1 aromatic rings. The predicted octanol–water partition coefficient (Wildman–Crippen LogP) is 2.04. The van der Waals surface area contributed by atoms with Crippen LogP contribution in [0.2, 0.25) is 0 Å². The van der Waals surface area contributed by atoms with Crippen molar-refractivity contribution < 1.29 is 9.59 Å². The third-order valence-corrected chi connectivity index (χ3v) is 5.56. The lowest BCUT2D eigenvalue weighted by Gasteiger charge is -2.19. The van der Waals surface area contributed by atoms with Gasteiger partial charge in [-0.15, -0.1) is 11.3 Å². The van der Waals surface area contributed by atoms with Gasteiger partial charge in [-0.3, -0.25) is 14.7 Å². The van der Waals surface area contributed by atoms with Crippen molar-refractivity contribution in [2.24, 2.45) is 4.99 Å². The van der Waals surface area contributed by atoms with Crippen LogP contribution in [-0.4, -0.2) is 53.5 Å². The van der Waals surface area contributed by atoms with Crippen molar-refractivity contribution >= 4 is 29.2 Å². The van der Waals surface area contributed by atoms with Gasteiger partial charge in [0.2, 0.25) is 0 Å². The van der Waals surface area contributed by atoms with Crippen molar-refractivity contribution in [1.29, 1.82) is 0 Å². The molecule has 150 valence electrons. The fourth-order valence-corrected chi connectivity index (χ4v) is 3.58. The number of guanidine groups is 1. The van der Waals surface area contributed by atoms with E-state index < -0.39 is 5.54 Å². The fraction of sp³-hybridized carbons (Fsp3) is 0.667. The molecule has 1 aliphatic heterocycles. The van der Waals surface area contributed by atoms with Crippen LogP contribution in [0.15, 0.2) is 10.4 Å². The minimum atomic E-state index is -0.773. The number of hydrogen-bond donors (Lipinski definition) is 3. The number of urea groups is 1. The first-order valence-electron chi connectivity index (χ1n) is 9.33. The number of imide groups is 1. The van der Waals surface area contributed by atoms with Crippen LogP contribution in [-0.2, 0) is 11.3 Å². The zero-order chi connectivity index (χ0) is 20.0. The van der Waals surface area contributed by atoms with Crippen molar-refractivity contribution in [3.63, 3.8) is 0 Å². The summed E-state index contributed by atoms with van der Waals surface area (Å²) in [6.07, 6.45) is 1.23. The number of nitrogens with one attached hydrogen (secondary N) is 3. The summed E-state index contributed by atoms with van der Waals surface area (Å²) in [5.41, 5.74) is 0.331. The Bertz CT molecular complexity index is 702. The van der Waals surface area contributed by atoms with Gasteiger partial charge in [0.25, 0.3) is 5.91 Å². The molecule has 27 heavy (non-hydrogen) atoms. The first-order chi connectivity index (χ1) is 12.8. The Hall–Kier alpha value is -2.16. The van der Waals surface area contributed by atoms with E-state index in [1.807, 2.05) is 6.92 Å². The maximum Gasteiger partial charge on any atom is 0.325 e. The standard InChI is InChI=1S/C18H30N6O2S/c1-6-18(4)15(25)24(17(26)23-18)9-7-8-20-16(19-5)21-10-14-22-13(11-27-14)12(2)3/h11-12H,6-10H2,1-5H3,(H,23,26)(H2,19,20,21). The average Bonchev–Trinajstić information content (AvgIpc) is 3.19. The number of carbonyl (C=O) groups is 2. The van der Waals surface area contributed by atoms with Crippen LogP contribution < -0.4 is 16.0 Å². The van der Waals surface area contributed by atoms with Crippen LogP contribution in [0.25, 0.3) is 0 Å². The molecule has 0 aromatic carbocycles. The zero-order valence-electron chi connectivity index (χ0n) is 16.8.